The minimum atomic E-state index is -0.294. The molecule has 1 heterocycles. The number of aromatic nitrogens is 1. The molecule has 3 aromatic rings. The molecule has 4 heteroatoms. The maximum Gasteiger partial charge on any atom is 0.131 e. The number of pyridine rings is 1. The van der Waals surface area contributed by atoms with Crippen LogP contribution in [-0.2, 0) is 0 Å². The number of halogens is 1. The van der Waals surface area contributed by atoms with Crippen LogP contribution < -0.4 is 0 Å². The molecule has 0 aliphatic rings. The number of nitrogens with zero attached hydrogens (tertiary/aromatic N) is 1. The van der Waals surface area contributed by atoms with Gasteiger partial charge in [0, 0.05) is 22.9 Å². The first-order chi connectivity index (χ1) is 13.5. The molecule has 144 valence electrons. The van der Waals surface area contributed by atoms with Crippen LogP contribution in [0.1, 0.15) is 31.7 Å². The highest BCUT2D eigenvalue weighted by atomic mass is 19.1. The van der Waals surface area contributed by atoms with Crippen molar-refractivity contribution in [3.8, 4) is 28.1 Å². The van der Waals surface area contributed by atoms with Crippen LogP contribution in [-0.4, -0.2) is 21.3 Å². The van der Waals surface area contributed by atoms with Gasteiger partial charge in [0.25, 0.3) is 0 Å². The zero-order chi connectivity index (χ0) is 19.9. The summed E-state index contributed by atoms with van der Waals surface area (Å²) in [6.07, 6.45) is 7.61. The van der Waals surface area contributed by atoms with Gasteiger partial charge in [-0.25, -0.2) is 4.39 Å². The summed E-state index contributed by atoms with van der Waals surface area (Å²) >= 11 is 0. The SMILES string of the molecule is CC(O)CCC/C=C/c1ccc(-c2ccc(-c3ccc(O)cc3)cn2)cc1F. The van der Waals surface area contributed by atoms with Gasteiger partial charge >= 0.3 is 0 Å². The van der Waals surface area contributed by atoms with Crippen molar-refractivity contribution in [3.63, 3.8) is 0 Å². The van der Waals surface area contributed by atoms with Gasteiger partial charge in [-0.2, -0.15) is 0 Å². The molecule has 0 aliphatic carbocycles. The van der Waals surface area contributed by atoms with Crippen molar-refractivity contribution in [1.82, 2.24) is 4.98 Å². The number of aliphatic hydroxyl groups is 1. The summed E-state index contributed by atoms with van der Waals surface area (Å²) in [6.45, 7) is 1.77. The molecule has 0 fully saturated rings. The molecule has 1 aromatic heterocycles. The van der Waals surface area contributed by atoms with Crippen LogP contribution in [0.4, 0.5) is 4.39 Å². The summed E-state index contributed by atoms with van der Waals surface area (Å²) in [4.78, 5) is 4.45. The summed E-state index contributed by atoms with van der Waals surface area (Å²) < 4.78 is 14.4. The Kier molecular flexibility index (Phi) is 6.56. The first-order valence-electron chi connectivity index (χ1n) is 9.43. The van der Waals surface area contributed by atoms with E-state index in [1.807, 2.05) is 36.4 Å². The van der Waals surface area contributed by atoms with Gasteiger partial charge in [0.1, 0.15) is 11.6 Å². The summed E-state index contributed by atoms with van der Waals surface area (Å²) in [5.41, 5.74) is 3.86. The van der Waals surface area contributed by atoms with Crippen molar-refractivity contribution in [3.05, 3.63) is 78.3 Å². The Hall–Kier alpha value is -2.98. The summed E-state index contributed by atoms with van der Waals surface area (Å²) in [5, 5.41) is 18.6. The molecular formula is C24H24FNO2. The second-order valence-electron chi connectivity index (χ2n) is 6.90. The quantitative estimate of drug-likeness (QED) is 0.510. The zero-order valence-electron chi connectivity index (χ0n) is 15.8. The first-order valence-corrected chi connectivity index (χ1v) is 9.43. The molecule has 2 N–H and O–H groups in total. The number of allylic oxidation sites excluding steroid dienone is 1. The standard InChI is InChI=1S/C24H24FNO2/c1-17(27)5-3-2-4-6-19-7-8-20(15-23(19)25)24-14-11-21(16-26-24)18-9-12-22(28)13-10-18/h4,6-17,27-28H,2-3,5H2,1H3/b6-4+. The van der Waals surface area contributed by atoms with Crippen LogP contribution >= 0.6 is 0 Å². The fourth-order valence-corrected chi connectivity index (χ4v) is 2.95. The van der Waals surface area contributed by atoms with Crippen molar-refractivity contribution in [1.29, 1.82) is 0 Å². The average molecular weight is 377 g/mol. The van der Waals surface area contributed by atoms with E-state index in [4.69, 9.17) is 0 Å². The Morgan fingerprint density at radius 2 is 1.71 bits per heavy atom. The normalized spacial score (nSPS) is 12.4. The zero-order valence-corrected chi connectivity index (χ0v) is 15.8. The van der Waals surface area contributed by atoms with Crippen LogP contribution in [0.5, 0.6) is 5.75 Å². The van der Waals surface area contributed by atoms with Crippen molar-refractivity contribution < 1.29 is 14.6 Å². The predicted molar refractivity (Wildman–Crippen MR) is 111 cm³/mol. The Balaban J connectivity index is 1.69. The highest BCUT2D eigenvalue weighted by molar-refractivity contribution is 5.68. The van der Waals surface area contributed by atoms with Crippen molar-refractivity contribution >= 4 is 6.08 Å². The first kappa shape index (κ1) is 19.8. The Labute approximate surface area is 164 Å². The largest absolute Gasteiger partial charge is 0.508 e. The topological polar surface area (TPSA) is 53.4 Å². The van der Waals surface area contributed by atoms with Gasteiger partial charge < -0.3 is 10.2 Å². The number of phenols is 1. The highest BCUT2D eigenvalue weighted by Gasteiger charge is 2.06. The lowest BCUT2D eigenvalue weighted by Crippen LogP contribution is -1.97. The monoisotopic (exact) mass is 377 g/mol. The number of benzene rings is 2. The van der Waals surface area contributed by atoms with Crippen LogP contribution in [0.3, 0.4) is 0 Å². The van der Waals surface area contributed by atoms with Gasteiger partial charge in [0.15, 0.2) is 0 Å². The lowest BCUT2D eigenvalue weighted by Gasteiger charge is -2.06. The van der Waals surface area contributed by atoms with E-state index in [0.717, 1.165) is 36.0 Å². The molecule has 1 unspecified atom stereocenters. The van der Waals surface area contributed by atoms with Crippen molar-refractivity contribution in [2.75, 3.05) is 0 Å². The Morgan fingerprint density at radius 1 is 1.00 bits per heavy atom. The third kappa shape index (κ3) is 5.27. The third-order valence-corrected chi connectivity index (χ3v) is 4.55. The van der Waals surface area contributed by atoms with Gasteiger partial charge in [-0.15, -0.1) is 0 Å². The summed E-state index contributed by atoms with van der Waals surface area (Å²) in [6, 6.07) is 15.8. The fourth-order valence-electron chi connectivity index (χ4n) is 2.95. The van der Waals surface area contributed by atoms with Crippen LogP contribution in [0.2, 0.25) is 0 Å². The molecular weight excluding hydrogens is 353 g/mol. The van der Waals surface area contributed by atoms with Crippen LogP contribution in [0, 0.1) is 5.82 Å². The predicted octanol–water partition coefficient (Wildman–Crippen LogP) is 5.82. The lowest BCUT2D eigenvalue weighted by atomic mass is 10.0. The minimum absolute atomic E-state index is 0.223. The van der Waals surface area contributed by atoms with E-state index in [-0.39, 0.29) is 17.7 Å². The van der Waals surface area contributed by atoms with Gasteiger partial charge in [-0.05, 0) is 56.0 Å². The summed E-state index contributed by atoms with van der Waals surface area (Å²) in [5.74, 6) is -0.0606. The lowest BCUT2D eigenvalue weighted by molar-refractivity contribution is 0.182. The maximum atomic E-state index is 14.4. The minimum Gasteiger partial charge on any atom is -0.508 e. The number of phenolic OH excluding ortho intramolecular Hbond substituents is 1. The number of aromatic hydroxyl groups is 1. The number of hydrogen-bond donors (Lipinski definition) is 2. The van der Waals surface area contributed by atoms with E-state index >= 15 is 0 Å². The van der Waals surface area contributed by atoms with E-state index in [2.05, 4.69) is 4.98 Å². The molecule has 2 aromatic carbocycles. The number of rotatable bonds is 7. The molecule has 0 amide bonds. The molecule has 0 bridgehead atoms. The molecule has 0 spiro atoms. The second-order valence-corrected chi connectivity index (χ2v) is 6.90. The molecule has 0 radical (unpaired) electrons. The Bertz CT molecular complexity index is 932. The van der Waals surface area contributed by atoms with Crippen LogP contribution in [0.25, 0.3) is 28.5 Å². The molecule has 3 rings (SSSR count). The van der Waals surface area contributed by atoms with Crippen molar-refractivity contribution in [2.24, 2.45) is 0 Å². The molecule has 28 heavy (non-hydrogen) atoms. The van der Waals surface area contributed by atoms with Gasteiger partial charge in [-0.3, -0.25) is 4.98 Å². The molecule has 1 atom stereocenters. The van der Waals surface area contributed by atoms with Crippen molar-refractivity contribution in [2.45, 2.75) is 32.3 Å². The second kappa shape index (κ2) is 9.29. The third-order valence-electron chi connectivity index (χ3n) is 4.55. The molecule has 0 saturated heterocycles. The average Bonchev–Trinajstić information content (AvgIpc) is 2.69. The van der Waals surface area contributed by atoms with Gasteiger partial charge in [0.05, 0.1) is 11.8 Å². The smallest absolute Gasteiger partial charge is 0.131 e. The summed E-state index contributed by atoms with van der Waals surface area (Å²) in [7, 11) is 0. The van der Waals surface area contributed by atoms with E-state index in [0.29, 0.717) is 11.3 Å². The van der Waals surface area contributed by atoms with Gasteiger partial charge in [0.2, 0.25) is 0 Å². The number of aliphatic hydroxyl groups excluding tert-OH is 1. The Morgan fingerprint density at radius 3 is 2.36 bits per heavy atom. The maximum absolute atomic E-state index is 14.4. The number of hydrogen-bond acceptors (Lipinski definition) is 3. The van der Waals surface area contributed by atoms with Crippen LogP contribution in [0.15, 0.2) is 66.9 Å². The molecule has 0 saturated carbocycles. The van der Waals surface area contributed by atoms with E-state index in [1.54, 1.807) is 37.4 Å². The molecule has 3 nitrogen and oxygen atoms in total. The van der Waals surface area contributed by atoms with E-state index < -0.39 is 0 Å². The number of unbranched alkanes of at least 4 members (excludes halogenated alkanes) is 1. The fraction of sp³-hybridized carbons (Fsp3) is 0.208. The molecule has 0 aliphatic heterocycles. The van der Waals surface area contributed by atoms with Gasteiger partial charge in [-0.1, -0.05) is 42.5 Å². The van der Waals surface area contributed by atoms with E-state index in [1.165, 1.54) is 6.07 Å². The highest BCUT2D eigenvalue weighted by Crippen LogP contribution is 2.25. The van der Waals surface area contributed by atoms with E-state index in [9.17, 15) is 14.6 Å².